The number of hydrogen-bond acceptors (Lipinski definition) is 1. The molecule has 0 aliphatic carbocycles. The highest BCUT2D eigenvalue weighted by molar-refractivity contribution is 6.31. The van der Waals surface area contributed by atoms with Crippen LogP contribution in [0, 0.1) is 18.2 Å². The van der Waals surface area contributed by atoms with Gasteiger partial charge in [-0.15, -0.1) is 6.42 Å². The molecule has 0 saturated carbocycles. The zero-order chi connectivity index (χ0) is 12.1. The van der Waals surface area contributed by atoms with Crippen LogP contribution in [0.1, 0.15) is 23.7 Å². The molecule has 1 rings (SSSR count). The van der Waals surface area contributed by atoms with E-state index in [-0.39, 0.29) is 17.0 Å². The SMILES string of the molecule is C#CC(CC)NC(=O)c1ccc(F)c(Cl)c1. The van der Waals surface area contributed by atoms with E-state index in [0.717, 1.165) is 6.07 Å². The predicted molar refractivity (Wildman–Crippen MR) is 61.8 cm³/mol. The average molecular weight is 240 g/mol. The Morgan fingerprint density at radius 2 is 2.38 bits per heavy atom. The minimum atomic E-state index is -0.554. The first-order valence-corrected chi connectivity index (χ1v) is 5.18. The predicted octanol–water partition coefficient (Wildman–Crippen LogP) is 2.62. The van der Waals surface area contributed by atoms with E-state index in [2.05, 4.69) is 11.2 Å². The van der Waals surface area contributed by atoms with Crippen LogP contribution in [0.2, 0.25) is 5.02 Å². The van der Waals surface area contributed by atoms with Gasteiger partial charge in [0.25, 0.3) is 5.91 Å². The normalized spacial score (nSPS) is 11.6. The second-order valence-corrected chi connectivity index (χ2v) is 3.64. The second kappa shape index (κ2) is 5.53. The maximum Gasteiger partial charge on any atom is 0.252 e. The summed E-state index contributed by atoms with van der Waals surface area (Å²) in [5, 5.41) is 2.54. The molecule has 16 heavy (non-hydrogen) atoms. The highest BCUT2D eigenvalue weighted by atomic mass is 35.5. The summed E-state index contributed by atoms with van der Waals surface area (Å²) in [7, 11) is 0. The molecule has 0 aromatic heterocycles. The van der Waals surface area contributed by atoms with E-state index < -0.39 is 5.82 Å². The molecule has 4 heteroatoms. The highest BCUT2D eigenvalue weighted by Gasteiger charge is 2.11. The van der Waals surface area contributed by atoms with Crippen molar-refractivity contribution in [2.75, 3.05) is 0 Å². The van der Waals surface area contributed by atoms with Crippen LogP contribution in [0.5, 0.6) is 0 Å². The van der Waals surface area contributed by atoms with Crippen LogP contribution >= 0.6 is 11.6 Å². The van der Waals surface area contributed by atoms with Crippen molar-refractivity contribution in [1.82, 2.24) is 5.32 Å². The Kier molecular flexibility index (Phi) is 4.33. The summed E-state index contributed by atoms with van der Waals surface area (Å²) in [6, 6.07) is 3.46. The van der Waals surface area contributed by atoms with Gasteiger partial charge in [0, 0.05) is 5.56 Å². The van der Waals surface area contributed by atoms with Gasteiger partial charge in [0.1, 0.15) is 5.82 Å². The Balaban J connectivity index is 2.81. The summed E-state index contributed by atoms with van der Waals surface area (Å²) >= 11 is 5.57. The van der Waals surface area contributed by atoms with Gasteiger partial charge in [-0.2, -0.15) is 0 Å². The lowest BCUT2D eigenvalue weighted by molar-refractivity contribution is 0.0945. The number of amides is 1. The summed E-state index contributed by atoms with van der Waals surface area (Å²) in [6.07, 6.45) is 5.85. The van der Waals surface area contributed by atoms with Crippen LogP contribution in [0.4, 0.5) is 4.39 Å². The van der Waals surface area contributed by atoms with Gasteiger partial charge in [-0.25, -0.2) is 4.39 Å². The molecule has 84 valence electrons. The molecule has 0 aliphatic heterocycles. The largest absolute Gasteiger partial charge is 0.338 e. The summed E-state index contributed by atoms with van der Waals surface area (Å²) in [4.78, 5) is 11.6. The zero-order valence-electron chi connectivity index (χ0n) is 8.76. The van der Waals surface area contributed by atoms with Crippen molar-refractivity contribution in [3.05, 3.63) is 34.6 Å². The van der Waals surface area contributed by atoms with Gasteiger partial charge >= 0.3 is 0 Å². The average Bonchev–Trinajstić information content (AvgIpc) is 2.29. The molecule has 1 atom stereocenters. The van der Waals surface area contributed by atoms with E-state index in [0.29, 0.717) is 12.0 Å². The molecule has 0 aliphatic rings. The van der Waals surface area contributed by atoms with Crippen LogP contribution in [-0.4, -0.2) is 11.9 Å². The third-order valence-electron chi connectivity index (χ3n) is 2.10. The van der Waals surface area contributed by atoms with Crippen molar-refractivity contribution < 1.29 is 9.18 Å². The third kappa shape index (κ3) is 2.98. The minimum absolute atomic E-state index is 0.0820. The highest BCUT2D eigenvalue weighted by Crippen LogP contribution is 2.16. The van der Waals surface area contributed by atoms with E-state index in [1.807, 2.05) is 6.92 Å². The van der Waals surface area contributed by atoms with E-state index >= 15 is 0 Å². The number of terminal acetylenes is 1. The summed E-state index contributed by atoms with van der Waals surface area (Å²) in [5.74, 6) is 1.53. The van der Waals surface area contributed by atoms with Gasteiger partial charge in [0.2, 0.25) is 0 Å². The first-order chi connectivity index (χ1) is 7.58. The lowest BCUT2D eigenvalue weighted by Gasteiger charge is -2.10. The van der Waals surface area contributed by atoms with Gasteiger partial charge in [0.15, 0.2) is 0 Å². The molecular formula is C12H11ClFNO. The fourth-order valence-corrected chi connectivity index (χ4v) is 1.32. The Hall–Kier alpha value is -1.53. The number of carbonyl (C=O) groups is 1. The molecule has 1 N–H and O–H groups in total. The molecule has 0 spiro atoms. The lowest BCUT2D eigenvalue weighted by Crippen LogP contribution is -2.33. The van der Waals surface area contributed by atoms with Gasteiger partial charge in [-0.05, 0) is 24.6 Å². The first-order valence-electron chi connectivity index (χ1n) is 4.80. The van der Waals surface area contributed by atoms with Crippen molar-refractivity contribution in [2.45, 2.75) is 19.4 Å². The van der Waals surface area contributed by atoms with Crippen LogP contribution < -0.4 is 5.32 Å². The molecule has 0 radical (unpaired) electrons. The van der Waals surface area contributed by atoms with Gasteiger partial charge < -0.3 is 5.32 Å². The van der Waals surface area contributed by atoms with E-state index in [4.69, 9.17) is 18.0 Å². The molecule has 1 aromatic carbocycles. The molecule has 0 fully saturated rings. The second-order valence-electron chi connectivity index (χ2n) is 3.23. The maximum atomic E-state index is 12.9. The fourth-order valence-electron chi connectivity index (χ4n) is 1.14. The Morgan fingerprint density at radius 3 is 2.88 bits per heavy atom. The summed E-state index contributed by atoms with van der Waals surface area (Å²) in [6.45, 7) is 1.86. The Bertz CT molecular complexity index is 439. The monoisotopic (exact) mass is 239 g/mol. The fraction of sp³-hybridized carbons (Fsp3) is 0.250. The summed E-state index contributed by atoms with van der Waals surface area (Å²) in [5.41, 5.74) is 0.292. The lowest BCUT2D eigenvalue weighted by atomic mass is 10.1. The van der Waals surface area contributed by atoms with Gasteiger partial charge in [-0.3, -0.25) is 4.79 Å². The van der Waals surface area contributed by atoms with E-state index in [1.54, 1.807) is 0 Å². The number of nitrogens with one attached hydrogen (secondary N) is 1. The quantitative estimate of drug-likeness (QED) is 0.808. The molecular weight excluding hydrogens is 229 g/mol. The molecule has 1 amide bonds. The van der Waals surface area contributed by atoms with E-state index in [1.165, 1.54) is 12.1 Å². The Morgan fingerprint density at radius 1 is 1.69 bits per heavy atom. The van der Waals surface area contributed by atoms with Gasteiger partial charge in [0.05, 0.1) is 11.1 Å². The molecule has 0 heterocycles. The van der Waals surface area contributed by atoms with E-state index in [9.17, 15) is 9.18 Å². The molecule has 1 unspecified atom stereocenters. The topological polar surface area (TPSA) is 29.1 Å². The summed E-state index contributed by atoms with van der Waals surface area (Å²) < 4.78 is 12.9. The van der Waals surface area contributed by atoms with Crippen molar-refractivity contribution in [3.63, 3.8) is 0 Å². The number of carbonyl (C=O) groups excluding carboxylic acids is 1. The number of hydrogen-bond donors (Lipinski definition) is 1. The molecule has 2 nitrogen and oxygen atoms in total. The third-order valence-corrected chi connectivity index (χ3v) is 2.39. The standard InChI is InChI=1S/C12H11ClFNO/c1-3-9(4-2)15-12(16)8-5-6-11(14)10(13)7-8/h1,5-7,9H,4H2,2H3,(H,15,16). The zero-order valence-corrected chi connectivity index (χ0v) is 9.51. The van der Waals surface area contributed by atoms with Crippen molar-refractivity contribution in [1.29, 1.82) is 0 Å². The van der Waals surface area contributed by atoms with Crippen LogP contribution in [0.25, 0.3) is 0 Å². The molecule has 0 saturated heterocycles. The number of halogens is 2. The minimum Gasteiger partial charge on any atom is -0.338 e. The smallest absolute Gasteiger partial charge is 0.252 e. The first kappa shape index (κ1) is 12.5. The maximum absolute atomic E-state index is 12.9. The van der Waals surface area contributed by atoms with Gasteiger partial charge in [-0.1, -0.05) is 24.4 Å². The van der Waals surface area contributed by atoms with Crippen LogP contribution in [0.3, 0.4) is 0 Å². The Labute approximate surface area is 98.8 Å². The van der Waals surface area contributed by atoms with Crippen LogP contribution in [0.15, 0.2) is 18.2 Å². The van der Waals surface area contributed by atoms with Crippen molar-refractivity contribution in [2.24, 2.45) is 0 Å². The van der Waals surface area contributed by atoms with Crippen LogP contribution in [-0.2, 0) is 0 Å². The molecule has 1 aromatic rings. The number of rotatable bonds is 3. The molecule has 0 bridgehead atoms. The number of benzene rings is 1. The van der Waals surface area contributed by atoms with Crippen molar-refractivity contribution in [3.8, 4) is 12.3 Å². The van der Waals surface area contributed by atoms with Crippen molar-refractivity contribution >= 4 is 17.5 Å².